The van der Waals surface area contributed by atoms with Gasteiger partial charge >= 0.3 is 0 Å². The molecule has 15 heavy (non-hydrogen) atoms. The van der Waals surface area contributed by atoms with Crippen LogP contribution in [0.15, 0.2) is 29.0 Å². The Hall–Kier alpha value is -1.05. The molecule has 0 aromatic heterocycles. The van der Waals surface area contributed by atoms with Crippen LogP contribution in [-0.4, -0.2) is 19.9 Å². The quantitative estimate of drug-likeness (QED) is 0.372. The van der Waals surface area contributed by atoms with E-state index < -0.39 is 0 Å². The molecule has 0 spiro atoms. The fraction of sp³-hybridized carbons (Fsp3) is 0.615. The van der Waals surface area contributed by atoms with E-state index in [-0.39, 0.29) is 0 Å². The van der Waals surface area contributed by atoms with Crippen LogP contribution in [0.1, 0.15) is 33.6 Å². The first-order valence-corrected chi connectivity index (χ1v) is 5.47. The highest BCUT2D eigenvalue weighted by molar-refractivity contribution is 5.95. The molecule has 0 heterocycles. The summed E-state index contributed by atoms with van der Waals surface area (Å²) in [6.07, 6.45) is 4.06. The third kappa shape index (κ3) is 4.82. The molecule has 0 aliphatic rings. The van der Waals surface area contributed by atoms with E-state index in [1.54, 1.807) is 7.11 Å². The summed E-state index contributed by atoms with van der Waals surface area (Å²) in [6.45, 7) is 10.4. The molecule has 2 heteroatoms. The summed E-state index contributed by atoms with van der Waals surface area (Å²) in [7, 11) is 3.49. The molecule has 0 saturated carbocycles. The van der Waals surface area contributed by atoms with Crippen LogP contribution in [0.2, 0.25) is 0 Å². The Kier molecular flexibility index (Phi) is 6.76. The number of allylic oxidation sites excluding steroid dienone is 2. The highest BCUT2D eigenvalue weighted by Gasteiger charge is 2.08. The van der Waals surface area contributed by atoms with Crippen molar-refractivity contribution >= 4 is 5.71 Å². The van der Waals surface area contributed by atoms with Crippen LogP contribution in [0.25, 0.3) is 0 Å². The van der Waals surface area contributed by atoms with Gasteiger partial charge in [0.25, 0.3) is 0 Å². The van der Waals surface area contributed by atoms with Crippen LogP contribution in [0, 0.1) is 5.92 Å². The summed E-state index contributed by atoms with van der Waals surface area (Å²) in [5, 5.41) is 0. The predicted molar refractivity (Wildman–Crippen MR) is 67.3 cm³/mol. The maximum Gasteiger partial charge on any atom is 0.123 e. The number of rotatable bonds is 6. The molecule has 86 valence electrons. The second-order valence-corrected chi connectivity index (χ2v) is 3.86. The SMILES string of the molecule is C=C(/C(=C\C(CCC)=NC)OC)C(C)C. The molecule has 0 bridgehead atoms. The largest absolute Gasteiger partial charge is 0.496 e. The number of ether oxygens (including phenoxy) is 1. The van der Waals surface area contributed by atoms with Crippen LogP contribution < -0.4 is 0 Å². The Morgan fingerprint density at radius 2 is 2.07 bits per heavy atom. The van der Waals surface area contributed by atoms with Crippen molar-refractivity contribution in [2.24, 2.45) is 10.9 Å². The lowest BCUT2D eigenvalue weighted by molar-refractivity contribution is 0.295. The van der Waals surface area contributed by atoms with E-state index in [0.29, 0.717) is 5.92 Å². The summed E-state index contributed by atoms with van der Waals surface area (Å²) in [4.78, 5) is 4.23. The molecule has 0 aliphatic carbocycles. The molecular formula is C13H23NO. The highest BCUT2D eigenvalue weighted by atomic mass is 16.5. The third-order valence-corrected chi connectivity index (χ3v) is 2.32. The van der Waals surface area contributed by atoms with E-state index in [0.717, 1.165) is 29.9 Å². The van der Waals surface area contributed by atoms with Gasteiger partial charge in [0, 0.05) is 18.8 Å². The second-order valence-electron chi connectivity index (χ2n) is 3.86. The van der Waals surface area contributed by atoms with Crippen LogP contribution in [0.4, 0.5) is 0 Å². The fourth-order valence-electron chi connectivity index (χ4n) is 1.22. The van der Waals surface area contributed by atoms with Crippen molar-refractivity contribution in [2.75, 3.05) is 14.2 Å². The Labute approximate surface area is 93.7 Å². The minimum Gasteiger partial charge on any atom is -0.496 e. The van der Waals surface area contributed by atoms with Gasteiger partial charge in [-0.2, -0.15) is 0 Å². The van der Waals surface area contributed by atoms with E-state index >= 15 is 0 Å². The fourth-order valence-corrected chi connectivity index (χ4v) is 1.22. The molecular weight excluding hydrogens is 186 g/mol. The van der Waals surface area contributed by atoms with Gasteiger partial charge in [0.2, 0.25) is 0 Å². The third-order valence-electron chi connectivity index (χ3n) is 2.32. The first-order chi connectivity index (χ1) is 7.06. The number of aliphatic imine (C=N–C) groups is 1. The molecule has 2 nitrogen and oxygen atoms in total. The predicted octanol–water partition coefficient (Wildman–Crippen LogP) is 3.60. The molecule has 0 amide bonds. The van der Waals surface area contributed by atoms with E-state index in [1.807, 2.05) is 13.1 Å². The summed E-state index contributed by atoms with van der Waals surface area (Å²) in [5.74, 6) is 1.25. The Bertz CT molecular complexity index is 262. The molecule has 0 aliphatic heterocycles. The molecule has 0 atom stereocenters. The van der Waals surface area contributed by atoms with Gasteiger partial charge in [-0.15, -0.1) is 0 Å². The van der Waals surface area contributed by atoms with Gasteiger partial charge in [-0.3, -0.25) is 4.99 Å². The second kappa shape index (κ2) is 7.27. The van der Waals surface area contributed by atoms with Crippen molar-refractivity contribution in [2.45, 2.75) is 33.6 Å². The topological polar surface area (TPSA) is 21.6 Å². The van der Waals surface area contributed by atoms with E-state index in [4.69, 9.17) is 4.74 Å². The van der Waals surface area contributed by atoms with Crippen molar-refractivity contribution in [3.63, 3.8) is 0 Å². The van der Waals surface area contributed by atoms with Crippen molar-refractivity contribution < 1.29 is 4.74 Å². The van der Waals surface area contributed by atoms with Gasteiger partial charge in [-0.1, -0.05) is 33.8 Å². The lowest BCUT2D eigenvalue weighted by atomic mass is 10.0. The zero-order valence-electron chi connectivity index (χ0n) is 10.6. The van der Waals surface area contributed by atoms with Gasteiger partial charge in [0.15, 0.2) is 0 Å². The average Bonchev–Trinajstić information content (AvgIpc) is 2.23. The maximum atomic E-state index is 5.33. The Balaban J connectivity index is 4.79. The minimum atomic E-state index is 0.399. The molecule has 0 fully saturated rings. The summed E-state index contributed by atoms with van der Waals surface area (Å²) in [6, 6.07) is 0. The highest BCUT2D eigenvalue weighted by Crippen LogP contribution is 2.18. The maximum absolute atomic E-state index is 5.33. The smallest absolute Gasteiger partial charge is 0.123 e. The molecule has 0 unspecified atom stereocenters. The van der Waals surface area contributed by atoms with E-state index in [2.05, 4.69) is 32.3 Å². The molecule has 0 saturated heterocycles. The van der Waals surface area contributed by atoms with Gasteiger partial charge in [-0.05, 0) is 17.9 Å². The zero-order valence-corrected chi connectivity index (χ0v) is 10.6. The van der Waals surface area contributed by atoms with Crippen LogP contribution >= 0.6 is 0 Å². The monoisotopic (exact) mass is 209 g/mol. The first kappa shape index (κ1) is 13.9. The normalized spacial score (nSPS) is 13.2. The van der Waals surface area contributed by atoms with E-state index in [9.17, 15) is 0 Å². The lowest BCUT2D eigenvalue weighted by Gasteiger charge is -2.13. The van der Waals surface area contributed by atoms with Crippen LogP contribution in [0.3, 0.4) is 0 Å². The molecule has 0 radical (unpaired) electrons. The van der Waals surface area contributed by atoms with Crippen LogP contribution in [-0.2, 0) is 4.74 Å². The van der Waals surface area contributed by atoms with E-state index in [1.165, 1.54) is 0 Å². The summed E-state index contributed by atoms with van der Waals surface area (Å²) in [5.41, 5.74) is 2.09. The Morgan fingerprint density at radius 3 is 2.40 bits per heavy atom. The van der Waals surface area contributed by atoms with Crippen molar-refractivity contribution in [1.82, 2.24) is 0 Å². The van der Waals surface area contributed by atoms with Crippen molar-refractivity contribution in [1.29, 1.82) is 0 Å². The van der Waals surface area contributed by atoms with Gasteiger partial charge < -0.3 is 4.74 Å². The van der Waals surface area contributed by atoms with Crippen LogP contribution in [0.5, 0.6) is 0 Å². The lowest BCUT2D eigenvalue weighted by Crippen LogP contribution is -2.03. The summed E-state index contributed by atoms with van der Waals surface area (Å²) < 4.78 is 5.33. The molecule has 0 aromatic carbocycles. The zero-order chi connectivity index (χ0) is 11.8. The number of nitrogens with zero attached hydrogens (tertiary/aromatic N) is 1. The minimum absolute atomic E-state index is 0.399. The number of hydrogen-bond acceptors (Lipinski definition) is 2. The standard InChI is InChI=1S/C13H23NO/c1-7-8-12(14-5)9-13(15-6)11(4)10(2)3/h9-10H,4,7-8H2,1-3,5-6H3/b13-9+,14-12?. The molecule has 0 aromatic rings. The van der Waals surface area contributed by atoms with Crippen molar-refractivity contribution in [3.8, 4) is 0 Å². The Morgan fingerprint density at radius 1 is 1.47 bits per heavy atom. The van der Waals surface area contributed by atoms with Gasteiger partial charge in [0.05, 0.1) is 7.11 Å². The molecule has 0 rings (SSSR count). The van der Waals surface area contributed by atoms with Gasteiger partial charge in [0.1, 0.15) is 5.76 Å². The first-order valence-electron chi connectivity index (χ1n) is 5.47. The van der Waals surface area contributed by atoms with Crippen molar-refractivity contribution in [3.05, 3.63) is 24.0 Å². The number of methoxy groups -OCH3 is 1. The molecule has 0 N–H and O–H groups in total. The summed E-state index contributed by atoms with van der Waals surface area (Å²) >= 11 is 0. The average molecular weight is 209 g/mol. The van der Waals surface area contributed by atoms with Gasteiger partial charge in [-0.25, -0.2) is 0 Å². The number of hydrogen-bond donors (Lipinski definition) is 0.